The molecular weight excluding hydrogens is 273 g/mol. The van der Waals surface area contributed by atoms with E-state index in [2.05, 4.69) is 5.32 Å². The summed E-state index contributed by atoms with van der Waals surface area (Å²) in [5.74, 6) is -1.62. The third kappa shape index (κ3) is 4.14. The largest absolute Gasteiger partial charge is 0.478 e. The molecule has 0 heterocycles. The molecule has 0 saturated carbocycles. The first kappa shape index (κ1) is 14.7. The molecule has 0 spiro atoms. The van der Waals surface area contributed by atoms with Crippen LogP contribution in [0.1, 0.15) is 26.3 Å². The quantitative estimate of drug-likeness (QED) is 0.888. The molecule has 0 aliphatic carbocycles. The molecular formula is C16H14FNO3. The Morgan fingerprint density at radius 2 is 1.52 bits per heavy atom. The summed E-state index contributed by atoms with van der Waals surface area (Å²) in [6, 6.07) is 11.8. The number of hydrogen-bond donors (Lipinski definition) is 2. The number of carbonyl (C=O) groups is 2. The van der Waals surface area contributed by atoms with Crippen molar-refractivity contribution in [1.82, 2.24) is 5.32 Å². The summed E-state index contributed by atoms with van der Waals surface area (Å²) in [6.45, 7) is 0.419. The molecule has 2 aromatic carbocycles. The number of carbonyl (C=O) groups excluding carboxylic acids is 1. The summed E-state index contributed by atoms with van der Waals surface area (Å²) in [5, 5.41) is 11.5. The lowest BCUT2D eigenvalue weighted by Crippen LogP contribution is -2.25. The normalized spacial score (nSPS) is 10.1. The zero-order chi connectivity index (χ0) is 15.2. The Morgan fingerprint density at radius 1 is 0.952 bits per heavy atom. The number of amides is 1. The number of halogens is 1. The maximum Gasteiger partial charge on any atom is 0.335 e. The first-order valence-electron chi connectivity index (χ1n) is 6.42. The molecule has 0 aliphatic heterocycles. The lowest BCUT2D eigenvalue weighted by Gasteiger charge is -2.06. The van der Waals surface area contributed by atoms with Crippen LogP contribution in [0.25, 0.3) is 0 Å². The molecule has 0 unspecified atom stereocenters. The van der Waals surface area contributed by atoms with Gasteiger partial charge >= 0.3 is 5.97 Å². The number of carboxylic acids is 1. The van der Waals surface area contributed by atoms with Crippen LogP contribution in [-0.4, -0.2) is 23.5 Å². The van der Waals surface area contributed by atoms with E-state index >= 15 is 0 Å². The van der Waals surface area contributed by atoms with E-state index in [1.54, 1.807) is 12.1 Å². The van der Waals surface area contributed by atoms with Gasteiger partial charge in [-0.1, -0.05) is 12.1 Å². The van der Waals surface area contributed by atoms with Crippen molar-refractivity contribution < 1.29 is 19.1 Å². The Labute approximate surface area is 121 Å². The third-order valence-corrected chi connectivity index (χ3v) is 3.01. The molecule has 1 amide bonds. The Bertz CT molecular complexity index is 636. The molecule has 0 bridgehead atoms. The molecule has 0 fully saturated rings. The van der Waals surface area contributed by atoms with Gasteiger partial charge in [0.1, 0.15) is 5.82 Å². The number of hydrogen-bond acceptors (Lipinski definition) is 2. The highest BCUT2D eigenvalue weighted by molar-refractivity contribution is 5.94. The van der Waals surface area contributed by atoms with Crippen molar-refractivity contribution in [3.05, 3.63) is 71.0 Å². The van der Waals surface area contributed by atoms with E-state index in [-0.39, 0.29) is 17.3 Å². The minimum Gasteiger partial charge on any atom is -0.478 e. The van der Waals surface area contributed by atoms with Crippen molar-refractivity contribution in [2.45, 2.75) is 6.42 Å². The molecule has 0 saturated heterocycles. The minimum absolute atomic E-state index is 0.231. The average molecular weight is 287 g/mol. The number of benzene rings is 2. The van der Waals surface area contributed by atoms with E-state index in [9.17, 15) is 14.0 Å². The van der Waals surface area contributed by atoms with Gasteiger partial charge in [-0.05, 0) is 48.4 Å². The van der Waals surface area contributed by atoms with E-state index in [0.717, 1.165) is 5.56 Å². The van der Waals surface area contributed by atoms with Crippen LogP contribution < -0.4 is 5.32 Å². The molecule has 21 heavy (non-hydrogen) atoms. The number of aromatic carboxylic acids is 1. The van der Waals surface area contributed by atoms with Gasteiger partial charge in [0.25, 0.3) is 5.91 Å². The van der Waals surface area contributed by atoms with Crippen molar-refractivity contribution in [1.29, 1.82) is 0 Å². The van der Waals surface area contributed by atoms with Crippen LogP contribution in [0.2, 0.25) is 0 Å². The van der Waals surface area contributed by atoms with Crippen molar-refractivity contribution in [2.75, 3.05) is 6.54 Å². The van der Waals surface area contributed by atoms with E-state index < -0.39 is 5.97 Å². The Kier molecular flexibility index (Phi) is 4.66. The highest BCUT2D eigenvalue weighted by atomic mass is 19.1. The van der Waals surface area contributed by atoms with E-state index in [1.807, 2.05) is 0 Å². The van der Waals surface area contributed by atoms with Crippen LogP contribution in [0, 0.1) is 5.82 Å². The zero-order valence-corrected chi connectivity index (χ0v) is 11.2. The molecule has 5 heteroatoms. The first-order valence-corrected chi connectivity index (χ1v) is 6.42. The van der Waals surface area contributed by atoms with Crippen molar-refractivity contribution in [2.24, 2.45) is 0 Å². The lowest BCUT2D eigenvalue weighted by atomic mass is 10.1. The van der Waals surface area contributed by atoms with Crippen LogP contribution in [0.5, 0.6) is 0 Å². The molecule has 4 nitrogen and oxygen atoms in total. The maximum absolute atomic E-state index is 12.7. The molecule has 108 valence electrons. The summed E-state index contributed by atoms with van der Waals surface area (Å²) in [6.07, 6.45) is 0.590. The van der Waals surface area contributed by atoms with E-state index in [0.29, 0.717) is 18.5 Å². The van der Waals surface area contributed by atoms with Gasteiger partial charge in [-0.2, -0.15) is 0 Å². The molecule has 2 rings (SSSR count). The summed E-state index contributed by atoms with van der Waals surface area (Å²) < 4.78 is 12.7. The summed E-state index contributed by atoms with van der Waals surface area (Å²) >= 11 is 0. The maximum atomic E-state index is 12.7. The number of nitrogens with one attached hydrogen (secondary N) is 1. The standard InChI is InChI=1S/C16H14FNO3/c17-14-7-5-12(6-8-14)15(19)18-10-9-11-1-3-13(4-2-11)16(20)21/h1-8H,9-10H2,(H,18,19)(H,20,21). The van der Waals surface area contributed by atoms with Crippen LogP contribution in [0.4, 0.5) is 4.39 Å². The fraction of sp³-hybridized carbons (Fsp3) is 0.125. The van der Waals surface area contributed by atoms with Gasteiger partial charge in [0.05, 0.1) is 5.56 Å². The van der Waals surface area contributed by atoms with Gasteiger partial charge in [0, 0.05) is 12.1 Å². The Balaban J connectivity index is 1.85. The highest BCUT2D eigenvalue weighted by Gasteiger charge is 2.05. The zero-order valence-electron chi connectivity index (χ0n) is 11.2. The fourth-order valence-corrected chi connectivity index (χ4v) is 1.84. The van der Waals surface area contributed by atoms with Crippen LogP contribution >= 0.6 is 0 Å². The SMILES string of the molecule is O=C(O)c1ccc(CCNC(=O)c2ccc(F)cc2)cc1. The Morgan fingerprint density at radius 3 is 2.10 bits per heavy atom. The molecule has 2 N–H and O–H groups in total. The van der Waals surface area contributed by atoms with E-state index in [1.165, 1.54) is 36.4 Å². The first-order chi connectivity index (χ1) is 10.1. The molecule has 2 aromatic rings. The van der Waals surface area contributed by atoms with Crippen molar-refractivity contribution in [3.8, 4) is 0 Å². The lowest BCUT2D eigenvalue weighted by molar-refractivity contribution is 0.0696. The number of carboxylic acid groups (broad SMARTS) is 1. The van der Waals surface area contributed by atoms with Gasteiger partial charge in [0.2, 0.25) is 0 Å². The fourth-order valence-electron chi connectivity index (χ4n) is 1.84. The average Bonchev–Trinajstić information content (AvgIpc) is 2.48. The monoisotopic (exact) mass is 287 g/mol. The molecule has 0 atom stereocenters. The van der Waals surface area contributed by atoms with Crippen LogP contribution in [0.15, 0.2) is 48.5 Å². The van der Waals surface area contributed by atoms with Gasteiger partial charge in [-0.25, -0.2) is 9.18 Å². The number of rotatable bonds is 5. The summed E-state index contributed by atoms with van der Waals surface area (Å²) in [4.78, 5) is 22.5. The predicted octanol–water partition coefficient (Wildman–Crippen LogP) is 2.50. The molecule has 0 aromatic heterocycles. The summed E-state index contributed by atoms with van der Waals surface area (Å²) in [5.41, 5.74) is 1.56. The second kappa shape index (κ2) is 6.65. The van der Waals surface area contributed by atoms with Crippen molar-refractivity contribution in [3.63, 3.8) is 0 Å². The van der Waals surface area contributed by atoms with Crippen LogP contribution in [-0.2, 0) is 6.42 Å². The van der Waals surface area contributed by atoms with Crippen LogP contribution in [0.3, 0.4) is 0 Å². The summed E-state index contributed by atoms with van der Waals surface area (Å²) in [7, 11) is 0. The van der Waals surface area contributed by atoms with E-state index in [4.69, 9.17) is 5.11 Å². The highest BCUT2D eigenvalue weighted by Crippen LogP contribution is 2.05. The third-order valence-electron chi connectivity index (χ3n) is 3.01. The predicted molar refractivity (Wildman–Crippen MR) is 75.8 cm³/mol. The molecule has 0 aliphatic rings. The smallest absolute Gasteiger partial charge is 0.335 e. The van der Waals surface area contributed by atoms with Crippen molar-refractivity contribution >= 4 is 11.9 Å². The molecule has 0 radical (unpaired) electrons. The second-order valence-electron chi connectivity index (χ2n) is 4.51. The minimum atomic E-state index is -0.967. The van der Waals surface area contributed by atoms with Gasteiger partial charge in [-0.3, -0.25) is 4.79 Å². The van der Waals surface area contributed by atoms with Gasteiger partial charge < -0.3 is 10.4 Å². The topological polar surface area (TPSA) is 66.4 Å². The Hall–Kier alpha value is -2.69. The second-order valence-corrected chi connectivity index (χ2v) is 4.51. The van der Waals surface area contributed by atoms with Gasteiger partial charge in [-0.15, -0.1) is 0 Å². The van der Waals surface area contributed by atoms with Gasteiger partial charge in [0.15, 0.2) is 0 Å².